The lowest BCUT2D eigenvalue weighted by molar-refractivity contribution is -0.136. The van der Waals surface area contributed by atoms with Crippen molar-refractivity contribution in [3.8, 4) is 11.5 Å². The van der Waals surface area contributed by atoms with E-state index in [-0.39, 0.29) is 0 Å². The van der Waals surface area contributed by atoms with Crippen LogP contribution in [-0.2, 0) is 9.59 Å². The SMILES string of the molecule is Cc1cc(N2CCC(CNC(=O)C(=O)Nc3ccc4c(c3)OCCO4)CC2)ccn1. The number of benzene rings is 1. The number of ether oxygens (including phenoxy) is 2. The highest BCUT2D eigenvalue weighted by atomic mass is 16.6. The summed E-state index contributed by atoms with van der Waals surface area (Å²) in [4.78, 5) is 31.0. The second kappa shape index (κ2) is 9.02. The van der Waals surface area contributed by atoms with Crippen LogP contribution >= 0.6 is 0 Å². The number of aromatic nitrogens is 1. The summed E-state index contributed by atoms with van der Waals surface area (Å²) in [7, 11) is 0. The molecule has 0 bridgehead atoms. The Balaban J connectivity index is 1.22. The van der Waals surface area contributed by atoms with Crippen molar-refractivity contribution in [3.05, 3.63) is 42.2 Å². The third-order valence-corrected chi connectivity index (χ3v) is 5.42. The van der Waals surface area contributed by atoms with Gasteiger partial charge in [0.1, 0.15) is 13.2 Å². The van der Waals surface area contributed by atoms with E-state index < -0.39 is 11.8 Å². The minimum Gasteiger partial charge on any atom is -0.486 e. The topological polar surface area (TPSA) is 92.8 Å². The molecule has 1 aromatic carbocycles. The van der Waals surface area contributed by atoms with E-state index in [2.05, 4.69) is 26.6 Å². The van der Waals surface area contributed by atoms with Gasteiger partial charge in [0.25, 0.3) is 0 Å². The standard InChI is InChI=1S/C22H26N4O4/c1-15-12-18(4-7-23-15)26-8-5-16(6-9-26)14-24-21(27)22(28)25-17-2-3-19-20(13-17)30-11-10-29-19/h2-4,7,12-13,16H,5-6,8-11,14H2,1H3,(H,24,27)(H,25,28). The highest BCUT2D eigenvalue weighted by Gasteiger charge is 2.22. The molecule has 8 heteroatoms. The molecule has 0 atom stereocenters. The predicted molar refractivity (Wildman–Crippen MR) is 113 cm³/mol. The van der Waals surface area contributed by atoms with Gasteiger partial charge in [0.05, 0.1) is 0 Å². The molecule has 2 aromatic rings. The van der Waals surface area contributed by atoms with Crippen LogP contribution in [0.4, 0.5) is 11.4 Å². The van der Waals surface area contributed by atoms with Crippen molar-refractivity contribution in [1.29, 1.82) is 0 Å². The summed E-state index contributed by atoms with van der Waals surface area (Å²) < 4.78 is 11.0. The molecule has 8 nitrogen and oxygen atoms in total. The van der Waals surface area contributed by atoms with Gasteiger partial charge in [0.15, 0.2) is 11.5 Å². The number of aryl methyl sites for hydroxylation is 1. The Morgan fingerprint density at radius 1 is 1.07 bits per heavy atom. The summed E-state index contributed by atoms with van der Waals surface area (Å²) in [5.41, 5.74) is 2.69. The number of nitrogens with one attached hydrogen (secondary N) is 2. The summed E-state index contributed by atoms with van der Waals surface area (Å²) >= 11 is 0. The zero-order valence-corrected chi connectivity index (χ0v) is 17.0. The number of hydrogen-bond donors (Lipinski definition) is 2. The normalized spacial score (nSPS) is 16.1. The Labute approximate surface area is 175 Å². The zero-order chi connectivity index (χ0) is 20.9. The van der Waals surface area contributed by atoms with E-state index in [0.717, 1.165) is 31.6 Å². The largest absolute Gasteiger partial charge is 0.486 e. The molecule has 3 heterocycles. The number of pyridine rings is 1. The van der Waals surface area contributed by atoms with Crippen LogP contribution in [0, 0.1) is 12.8 Å². The molecule has 2 aliphatic heterocycles. The van der Waals surface area contributed by atoms with Gasteiger partial charge in [0.2, 0.25) is 0 Å². The average Bonchev–Trinajstić information content (AvgIpc) is 2.77. The van der Waals surface area contributed by atoms with Gasteiger partial charge in [-0.3, -0.25) is 14.6 Å². The third kappa shape index (κ3) is 4.82. The summed E-state index contributed by atoms with van der Waals surface area (Å²) in [6.07, 6.45) is 3.76. The molecule has 1 saturated heterocycles. The Kier molecular flexibility index (Phi) is 6.02. The van der Waals surface area contributed by atoms with Crippen molar-refractivity contribution < 1.29 is 19.1 Å². The van der Waals surface area contributed by atoms with Crippen LogP contribution in [0.1, 0.15) is 18.5 Å². The van der Waals surface area contributed by atoms with Crippen LogP contribution in [0.3, 0.4) is 0 Å². The first-order valence-electron chi connectivity index (χ1n) is 10.2. The molecule has 0 aliphatic carbocycles. The summed E-state index contributed by atoms with van der Waals surface area (Å²) in [6, 6.07) is 9.19. The summed E-state index contributed by atoms with van der Waals surface area (Å²) in [6.45, 7) is 5.30. The second-order valence-electron chi connectivity index (χ2n) is 7.61. The smallest absolute Gasteiger partial charge is 0.313 e. The Bertz CT molecular complexity index is 925. The van der Waals surface area contributed by atoms with Crippen molar-refractivity contribution in [2.24, 2.45) is 5.92 Å². The molecule has 0 saturated carbocycles. The molecule has 4 rings (SSSR count). The first-order valence-corrected chi connectivity index (χ1v) is 10.2. The number of amides is 2. The van der Waals surface area contributed by atoms with E-state index in [1.54, 1.807) is 18.2 Å². The Morgan fingerprint density at radius 2 is 1.83 bits per heavy atom. The molecular formula is C22H26N4O4. The van der Waals surface area contributed by atoms with E-state index in [4.69, 9.17) is 9.47 Å². The van der Waals surface area contributed by atoms with Crippen molar-refractivity contribution in [2.45, 2.75) is 19.8 Å². The molecule has 1 fully saturated rings. The number of anilines is 2. The van der Waals surface area contributed by atoms with Crippen LogP contribution < -0.4 is 25.0 Å². The van der Waals surface area contributed by atoms with Gasteiger partial charge in [-0.15, -0.1) is 0 Å². The number of rotatable bonds is 4. The van der Waals surface area contributed by atoms with E-state index in [1.807, 2.05) is 19.2 Å². The van der Waals surface area contributed by atoms with Gasteiger partial charge in [-0.05, 0) is 49.9 Å². The van der Waals surface area contributed by atoms with Crippen LogP contribution in [-0.4, -0.2) is 49.6 Å². The van der Waals surface area contributed by atoms with Crippen molar-refractivity contribution in [3.63, 3.8) is 0 Å². The molecule has 2 N–H and O–H groups in total. The van der Waals surface area contributed by atoms with E-state index in [0.29, 0.717) is 42.9 Å². The maximum atomic E-state index is 12.2. The molecule has 0 radical (unpaired) electrons. The lowest BCUT2D eigenvalue weighted by Gasteiger charge is -2.33. The van der Waals surface area contributed by atoms with Crippen molar-refractivity contribution >= 4 is 23.2 Å². The highest BCUT2D eigenvalue weighted by Crippen LogP contribution is 2.32. The molecule has 1 aromatic heterocycles. The second-order valence-corrected chi connectivity index (χ2v) is 7.61. The van der Waals surface area contributed by atoms with Gasteiger partial charge < -0.3 is 25.0 Å². The first kappa shape index (κ1) is 20.0. The van der Waals surface area contributed by atoms with Gasteiger partial charge in [-0.2, -0.15) is 0 Å². The van der Waals surface area contributed by atoms with Crippen LogP contribution in [0.15, 0.2) is 36.5 Å². The van der Waals surface area contributed by atoms with E-state index >= 15 is 0 Å². The minimum atomic E-state index is -0.684. The zero-order valence-electron chi connectivity index (χ0n) is 17.0. The highest BCUT2D eigenvalue weighted by molar-refractivity contribution is 6.39. The number of carbonyl (C=O) groups is 2. The van der Waals surface area contributed by atoms with Crippen LogP contribution in [0.5, 0.6) is 11.5 Å². The van der Waals surface area contributed by atoms with Gasteiger partial charge in [0, 0.05) is 49.0 Å². The average molecular weight is 410 g/mol. The molecule has 0 spiro atoms. The number of piperidine rings is 1. The quantitative estimate of drug-likeness (QED) is 0.751. The molecule has 30 heavy (non-hydrogen) atoms. The van der Waals surface area contributed by atoms with Crippen molar-refractivity contribution in [1.82, 2.24) is 10.3 Å². The van der Waals surface area contributed by atoms with Gasteiger partial charge in [-0.1, -0.05) is 0 Å². The van der Waals surface area contributed by atoms with Gasteiger partial charge >= 0.3 is 11.8 Å². The molecule has 158 valence electrons. The summed E-state index contributed by atoms with van der Waals surface area (Å²) in [5.74, 6) is 0.247. The number of nitrogens with zero attached hydrogens (tertiary/aromatic N) is 2. The van der Waals surface area contributed by atoms with E-state index in [9.17, 15) is 9.59 Å². The van der Waals surface area contributed by atoms with Crippen molar-refractivity contribution in [2.75, 3.05) is 43.1 Å². The maximum absolute atomic E-state index is 12.2. The molecule has 2 aliphatic rings. The molecule has 2 amide bonds. The fraction of sp³-hybridized carbons (Fsp3) is 0.409. The maximum Gasteiger partial charge on any atom is 0.313 e. The minimum absolute atomic E-state index is 0.357. The number of carbonyl (C=O) groups excluding carboxylic acids is 2. The fourth-order valence-corrected chi connectivity index (χ4v) is 3.75. The molecule has 0 unspecified atom stereocenters. The first-order chi connectivity index (χ1) is 14.6. The number of hydrogen-bond acceptors (Lipinski definition) is 6. The van der Waals surface area contributed by atoms with Crippen LogP contribution in [0.25, 0.3) is 0 Å². The third-order valence-electron chi connectivity index (χ3n) is 5.42. The lowest BCUT2D eigenvalue weighted by Crippen LogP contribution is -2.41. The monoisotopic (exact) mass is 410 g/mol. The fourth-order valence-electron chi connectivity index (χ4n) is 3.75. The Hall–Kier alpha value is -3.29. The van der Waals surface area contributed by atoms with Gasteiger partial charge in [-0.25, -0.2) is 0 Å². The molecular weight excluding hydrogens is 384 g/mol. The number of fused-ring (bicyclic) bond motifs is 1. The van der Waals surface area contributed by atoms with E-state index in [1.165, 1.54) is 5.69 Å². The summed E-state index contributed by atoms with van der Waals surface area (Å²) in [5, 5.41) is 5.38. The predicted octanol–water partition coefficient (Wildman–Crippen LogP) is 2.13. The Morgan fingerprint density at radius 3 is 2.60 bits per heavy atom. The lowest BCUT2D eigenvalue weighted by atomic mass is 9.96. The van der Waals surface area contributed by atoms with Crippen LogP contribution in [0.2, 0.25) is 0 Å².